The Hall–Kier alpha value is -2.12. The minimum atomic E-state index is -0.623. The first-order valence-electron chi connectivity index (χ1n) is 8.67. The number of amidine groups is 1. The number of piperidine rings is 1. The Bertz CT molecular complexity index is 588. The average Bonchev–Trinajstić information content (AvgIpc) is 2.61. The van der Waals surface area contributed by atoms with Gasteiger partial charge in [0.1, 0.15) is 0 Å². The number of aliphatic hydroxyl groups is 1. The number of nitrogens with zero attached hydrogens (tertiary/aromatic N) is 2. The lowest BCUT2D eigenvalue weighted by Crippen LogP contribution is -2.38. The van der Waals surface area contributed by atoms with Gasteiger partial charge in [-0.1, -0.05) is 29.4 Å². The maximum atomic E-state index is 11.6. The zero-order valence-corrected chi connectivity index (χ0v) is 14.6. The summed E-state index contributed by atoms with van der Waals surface area (Å²) in [4.78, 5) is 13.8. The predicted octanol–water partition coefficient (Wildman–Crippen LogP) is 1.48. The first kappa shape index (κ1) is 19.2. The predicted molar refractivity (Wildman–Crippen MR) is 94.3 cm³/mol. The van der Waals surface area contributed by atoms with E-state index < -0.39 is 6.10 Å². The molecule has 0 radical (unpaired) electrons. The van der Waals surface area contributed by atoms with Crippen molar-refractivity contribution in [2.75, 3.05) is 26.2 Å². The van der Waals surface area contributed by atoms with Crippen LogP contribution in [-0.2, 0) is 9.53 Å². The Labute approximate surface area is 148 Å². The van der Waals surface area contributed by atoms with Crippen molar-refractivity contribution < 1.29 is 19.8 Å². The molecule has 1 aliphatic rings. The second kappa shape index (κ2) is 9.39. The van der Waals surface area contributed by atoms with Crippen LogP contribution in [0.3, 0.4) is 0 Å². The van der Waals surface area contributed by atoms with Crippen LogP contribution in [0, 0.1) is 5.92 Å². The van der Waals surface area contributed by atoms with Crippen molar-refractivity contribution >= 4 is 11.8 Å². The van der Waals surface area contributed by atoms with Crippen molar-refractivity contribution in [1.29, 1.82) is 0 Å². The molecule has 2 rings (SSSR count). The Morgan fingerprint density at radius 2 is 2.16 bits per heavy atom. The molecule has 0 saturated carbocycles. The number of likely N-dealkylation sites (tertiary alicyclic amines) is 1. The zero-order valence-electron chi connectivity index (χ0n) is 14.6. The van der Waals surface area contributed by atoms with Crippen LogP contribution in [-0.4, -0.2) is 53.3 Å². The lowest BCUT2D eigenvalue weighted by molar-refractivity contribution is -0.144. The minimum absolute atomic E-state index is 0.0406. The molecule has 1 aromatic carbocycles. The SMILES string of the molecule is CCOC(=O)CC1CCCN(CC(O)c2ccc(C(N)=NO)cc2)C1. The molecular weight excluding hydrogens is 322 g/mol. The summed E-state index contributed by atoms with van der Waals surface area (Å²) in [5.41, 5.74) is 6.92. The van der Waals surface area contributed by atoms with Crippen LogP contribution in [0.1, 0.15) is 43.4 Å². The molecule has 138 valence electrons. The van der Waals surface area contributed by atoms with E-state index in [2.05, 4.69) is 10.1 Å². The number of benzene rings is 1. The smallest absolute Gasteiger partial charge is 0.306 e. The molecule has 4 N–H and O–H groups in total. The third-order valence-corrected chi connectivity index (χ3v) is 4.49. The molecule has 1 aliphatic heterocycles. The average molecular weight is 349 g/mol. The van der Waals surface area contributed by atoms with Gasteiger partial charge in [-0.2, -0.15) is 0 Å². The number of aliphatic hydroxyl groups excluding tert-OH is 1. The number of carbonyl (C=O) groups is 1. The number of hydrogen-bond acceptors (Lipinski definition) is 6. The highest BCUT2D eigenvalue weighted by molar-refractivity contribution is 5.96. The van der Waals surface area contributed by atoms with Gasteiger partial charge in [0.15, 0.2) is 5.84 Å². The van der Waals surface area contributed by atoms with Crippen molar-refractivity contribution in [3.8, 4) is 0 Å². The van der Waals surface area contributed by atoms with Gasteiger partial charge in [0.25, 0.3) is 0 Å². The van der Waals surface area contributed by atoms with E-state index in [9.17, 15) is 9.90 Å². The van der Waals surface area contributed by atoms with E-state index in [0.29, 0.717) is 25.1 Å². The molecule has 1 saturated heterocycles. The van der Waals surface area contributed by atoms with Crippen LogP contribution >= 0.6 is 0 Å². The summed E-state index contributed by atoms with van der Waals surface area (Å²) in [6, 6.07) is 6.98. The molecule has 0 bridgehead atoms. The number of carbonyl (C=O) groups excluding carboxylic acids is 1. The first-order chi connectivity index (χ1) is 12.0. The number of oxime groups is 1. The monoisotopic (exact) mass is 349 g/mol. The number of ether oxygens (including phenoxy) is 1. The lowest BCUT2D eigenvalue weighted by atomic mass is 9.94. The number of β-amino-alcohol motifs (C(OH)–C–C–N with tert-alkyl or cyclic N) is 1. The van der Waals surface area contributed by atoms with Gasteiger partial charge in [-0.25, -0.2) is 0 Å². The maximum Gasteiger partial charge on any atom is 0.306 e. The van der Waals surface area contributed by atoms with Gasteiger partial charge in [-0.05, 0) is 37.8 Å². The molecule has 1 fully saturated rings. The fraction of sp³-hybridized carbons (Fsp3) is 0.556. The normalized spacial score (nSPS) is 20.2. The molecular formula is C18H27N3O4. The number of rotatable bonds is 7. The summed E-state index contributed by atoms with van der Waals surface area (Å²) in [5.74, 6) is 0.176. The molecule has 0 spiro atoms. The van der Waals surface area contributed by atoms with Crippen molar-refractivity contribution in [1.82, 2.24) is 4.90 Å². The van der Waals surface area contributed by atoms with Crippen molar-refractivity contribution in [3.63, 3.8) is 0 Å². The topological polar surface area (TPSA) is 108 Å². The second-order valence-electron chi connectivity index (χ2n) is 6.40. The highest BCUT2D eigenvalue weighted by atomic mass is 16.5. The van der Waals surface area contributed by atoms with E-state index in [0.717, 1.165) is 31.5 Å². The van der Waals surface area contributed by atoms with Crippen LogP contribution in [0.15, 0.2) is 29.4 Å². The summed E-state index contributed by atoms with van der Waals surface area (Å²) in [5, 5.41) is 22.1. The lowest BCUT2D eigenvalue weighted by Gasteiger charge is -2.33. The van der Waals surface area contributed by atoms with Gasteiger partial charge < -0.3 is 25.7 Å². The Morgan fingerprint density at radius 3 is 2.80 bits per heavy atom. The minimum Gasteiger partial charge on any atom is -0.466 e. The number of esters is 1. The first-order valence-corrected chi connectivity index (χ1v) is 8.67. The standard InChI is InChI=1S/C18H27N3O4/c1-2-25-17(23)10-13-4-3-9-21(11-13)12-16(22)14-5-7-15(8-6-14)18(19)20-24/h5-8,13,16,22,24H,2-4,9-12H2,1H3,(H2,19,20). The largest absolute Gasteiger partial charge is 0.466 e. The fourth-order valence-electron chi connectivity index (χ4n) is 3.22. The Kier molecular flexibility index (Phi) is 7.21. The van der Waals surface area contributed by atoms with E-state index in [1.54, 1.807) is 24.3 Å². The van der Waals surface area contributed by atoms with E-state index in [4.69, 9.17) is 15.7 Å². The van der Waals surface area contributed by atoms with Crippen LogP contribution in [0.25, 0.3) is 0 Å². The van der Waals surface area contributed by atoms with Gasteiger partial charge in [0, 0.05) is 25.1 Å². The molecule has 1 aromatic rings. The van der Waals surface area contributed by atoms with Crippen LogP contribution in [0.5, 0.6) is 0 Å². The zero-order chi connectivity index (χ0) is 18.2. The highest BCUT2D eigenvalue weighted by Crippen LogP contribution is 2.23. The quantitative estimate of drug-likeness (QED) is 0.226. The van der Waals surface area contributed by atoms with Crippen LogP contribution < -0.4 is 5.73 Å². The molecule has 0 aromatic heterocycles. The molecule has 0 amide bonds. The highest BCUT2D eigenvalue weighted by Gasteiger charge is 2.24. The summed E-state index contributed by atoms with van der Waals surface area (Å²) >= 11 is 0. The van der Waals surface area contributed by atoms with Gasteiger partial charge in [-0.3, -0.25) is 4.79 Å². The number of nitrogens with two attached hydrogens (primary N) is 1. The molecule has 1 heterocycles. The van der Waals surface area contributed by atoms with E-state index in [-0.39, 0.29) is 17.7 Å². The van der Waals surface area contributed by atoms with E-state index >= 15 is 0 Å². The second-order valence-corrected chi connectivity index (χ2v) is 6.40. The molecule has 7 nitrogen and oxygen atoms in total. The molecule has 2 unspecified atom stereocenters. The van der Waals surface area contributed by atoms with Crippen molar-refractivity contribution in [2.24, 2.45) is 16.8 Å². The third kappa shape index (κ3) is 5.72. The summed E-state index contributed by atoms with van der Waals surface area (Å²) in [6.07, 6.45) is 1.84. The Morgan fingerprint density at radius 1 is 1.44 bits per heavy atom. The van der Waals surface area contributed by atoms with Crippen LogP contribution in [0.2, 0.25) is 0 Å². The Balaban J connectivity index is 1.89. The van der Waals surface area contributed by atoms with E-state index in [1.165, 1.54) is 0 Å². The third-order valence-electron chi connectivity index (χ3n) is 4.49. The van der Waals surface area contributed by atoms with Gasteiger partial charge in [0.2, 0.25) is 0 Å². The van der Waals surface area contributed by atoms with Crippen molar-refractivity contribution in [2.45, 2.75) is 32.3 Å². The maximum absolute atomic E-state index is 11.6. The summed E-state index contributed by atoms with van der Waals surface area (Å²) in [6.45, 7) is 4.45. The van der Waals surface area contributed by atoms with Gasteiger partial charge in [0.05, 0.1) is 12.7 Å². The molecule has 7 heteroatoms. The molecule has 2 atom stereocenters. The van der Waals surface area contributed by atoms with Gasteiger partial charge in [-0.15, -0.1) is 0 Å². The summed E-state index contributed by atoms with van der Waals surface area (Å²) < 4.78 is 5.03. The number of hydrogen-bond donors (Lipinski definition) is 3. The molecule has 25 heavy (non-hydrogen) atoms. The van der Waals surface area contributed by atoms with Gasteiger partial charge >= 0.3 is 5.97 Å². The van der Waals surface area contributed by atoms with Crippen LogP contribution in [0.4, 0.5) is 0 Å². The van der Waals surface area contributed by atoms with E-state index in [1.807, 2.05) is 6.92 Å². The van der Waals surface area contributed by atoms with Crippen molar-refractivity contribution in [3.05, 3.63) is 35.4 Å². The summed E-state index contributed by atoms with van der Waals surface area (Å²) in [7, 11) is 0. The molecule has 0 aliphatic carbocycles. The fourth-order valence-corrected chi connectivity index (χ4v) is 3.22.